The minimum atomic E-state index is -0.565. The summed E-state index contributed by atoms with van der Waals surface area (Å²) in [5, 5.41) is 2.45. The lowest BCUT2D eigenvalue weighted by Gasteiger charge is -2.20. The first-order chi connectivity index (χ1) is 6.65. The number of ether oxygens (including phenoxy) is 1. The molecule has 1 aliphatic heterocycles. The van der Waals surface area contributed by atoms with E-state index in [2.05, 4.69) is 10.1 Å². The number of amides is 2. The van der Waals surface area contributed by atoms with Gasteiger partial charge in [-0.1, -0.05) is 0 Å². The van der Waals surface area contributed by atoms with Crippen LogP contribution in [0.15, 0.2) is 0 Å². The highest BCUT2D eigenvalue weighted by atomic mass is 16.5. The molecule has 1 atom stereocenters. The Balaban J connectivity index is 2.39. The third kappa shape index (κ3) is 2.61. The van der Waals surface area contributed by atoms with Crippen molar-refractivity contribution >= 4 is 12.0 Å². The molecule has 5 heteroatoms. The molecule has 0 saturated carbocycles. The third-order valence-corrected chi connectivity index (χ3v) is 2.31. The molecular formula is C9H16N2O3. The Labute approximate surface area is 83.4 Å². The van der Waals surface area contributed by atoms with Crippen molar-refractivity contribution in [2.24, 2.45) is 0 Å². The molecule has 0 radical (unpaired) electrons. The fourth-order valence-corrected chi connectivity index (χ4v) is 1.51. The molecule has 14 heavy (non-hydrogen) atoms. The number of carbonyl (C=O) groups is 2. The van der Waals surface area contributed by atoms with Gasteiger partial charge in [0.15, 0.2) is 0 Å². The number of alkyl carbamates (subject to hydrolysis) is 1. The lowest BCUT2D eigenvalue weighted by atomic mass is 10.3. The van der Waals surface area contributed by atoms with Crippen molar-refractivity contribution in [3.05, 3.63) is 0 Å². The van der Waals surface area contributed by atoms with Gasteiger partial charge in [-0.05, 0) is 19.8 Å². The smallest absolute Gasteiger partial charge is 0.407 e. The number of rotatable bonds is 2. The Bertz CT molecular complexity index is 224. The number of likely N-dealkylation sites (tertiary alicyclic amines) is 1. The van der Waals surface area contributed by atoms with Crippen LogP contribution in [0.4, 0.5) is 4.79 Å². The van der Waals surface area contributed by atoms with Gasteiger partial charge in [0, 0.05) is 13.1 Å². The van der Waals surface area contributed by atoms with Gasteiger partial charge in [0.25, 0.3) is 0 Å². The van der Waals surface area contributed by atoms with Crippen molar-refractivity contribution in [2.45, 2.75) is 25.8 Å². The molecule has 5 nitrogen and oxygen atoms in total. The largest absolute Gasteiger partial charge is 0.453 e. The first-order valence-corrected chi connectivity index (χ1v) is 4.78. The normalized spacial score (nSPS) is 17.7. The molecule has 1 heterocycles. The van der Waals surface area contributed by atoms with Crippen molar-refractivity contribution in [3.63, 3.8) is 0 Å². The summed E-state index contributed by atoms with van der Waals surface area (Å²) in [5.74, 6) is -0.0344. The van der Waals surface area contributed by atoms with Crippen LogP contribution in [0.3, 0.4) is 0 Å². The molecular weight excluding hydrogens is 184 g/mol. The van der Waals surface area contributed by atoms with Crippen molar-refractivity contribution in [1.29, 1.82) is 0 Å². The highest BCUT2D eigenvalue weighted by Gasteiger charge is 2.24. The quantitative estimate of drug-likeness (QED) is 0.700. The van der Waals surface area contributed by atoms with Gasteiger partial charge in [-0.2, -0.15) is 0 Å². The van der Waals surface area contributed by atoms with Gasteiger partial charge in [-0.3, -0.25) is 4.79 Å². The average Bonchev–Trinajstić information content (AvgIpc) is 2.69. The molecule has 1 saturated heterocycles. The third-order valence-electron chi connectivity index (χ3n) is 2.31. The van der Waals surface area contributed by atoms with E-state index in [4.69, 9.17) is 0 Å². The van der Waals surface area contributed by atoms with Gasteiger partial charge in [0.1, 0.15) is 6.04 Å². The van der Waals surface area contributed by atoms with Crippen LogP contribution in [0, 0.1) is 0 Å². The van der Waals surface area contributed by atoms with E-state index < -0.39 is 12.1 Å². The summed E-state index contributed by atoms with van der Waals surface area (Å²) in [6.45, 7) is 3.26. The van der Waals surface area contributed by atoms with Gasteiger partial charge in [-0.15, -0.1) is 0 Å². The summed E-state index contributed by atoms with van der Waals surface area (Å²) >= 11 is 0. The Morgan fingerprint density at radius 2 is 1.93 bits per heavy atom. The summed E-state index contributed by atoms with van der Waals surface area (Å²) in [5.41, 5.74) is 0. The SMILES string of the molecule is COC(=O)N[C@@H](C)C(=O)N1CCCC1. The van der Waals surface area contributed by atoms with E-state index in [0.29, 0.717) is 0 Å². The molecule has 1 fully saturated rings. The average molecular weight is 200 g/mol. The zero-order valence-corrected chi connectivity index (χ0v) is 8.58. The fraction of sp³-hybridized carbons (Fsp3) is 0.778. The van der Waals surface area contributed by atoms with E-state index in [9.17, 15) is 9.59 Å². The van der Waals surface area contributed by atoms with Crippen molar-refractivity contribution in [1.82, 2.24) is 10.2 Å². The minimum absolute atomic E-state index is 0.0344. The lowest BCUT2D eigenvalue weighted by Crippen LogP contribution is -2.45. The van der Waals surface area contributed by atoms with Gasteiger partial charge in [0.05, 0.1) is 7.11 Å². The lowest BCUT2D eigenvalue weighted by molar-refractivity contribution is -0.131. The Kier molecular flexibility index (Phi) is 3.73. The van der Waals surface area contributed by atoms with Crippen LogP contribution in [0.25, 0.3) is 0 Å². The van der Waals surface area contributed by atoms with Gasteiger partial charge >= 0.3 is 6.09 Å². The number of hydrogen-bond acceptors (Lipinski definition) is 3. The summed E-state index contributed by atoms with van der Waals surface area (Å²) in [6, 6.07) is -0.499. The van der Waals surface area contributed by atoms with Crippen LogP contribution in [-0.2, 0) is 9.53 Å². The first-order valence-electron chi connectivity index (χ1n) is 4.78. The van der Waals surface area contributed by atoms with E-state index in [0.717, 1.165) is 25.9 Å². The van der Waals surface area contributed by atoms with E-state index in [1.165, 1.54) is 7.11 Å². The molecule has 0 aliphatic carbocycles. The Hall–Kier alpha value is -1.26. The van der Waals surface area contributed by atoms with Crippen LogP contribution in [0.5, 0.6) is 0 Å². The summed E-state index contributed by atoms with van der Waals surface area (Å²) in [4.78, 5) is 24.3. The Morgan fingerprint density at radius 1 is 1.36 bits per heavy atom. The van der Waals surface area contributed by atoms with Crippen LogP contribution >= 0.6 is 0 Å². The topological polar surface area (TPSA) is 58.6 Å². The van der Waals surface area contributed by atoms with E-state index >= 15 is 0 Å². The van der Waals surface area contributed by atoms with Gasteiger partial charge in [-0.25, -0.2) is 4.79 Å². The molecule has 2 amide bonds. The van der Waals surface area contributed by atoms with Crippen molar-refractivity contribution in [2.75, 3.05) is 20.2 Å². The van der Waals surface area contributed by atoms with Crippen LogP contribution < -0.4 is 5.32 Å². The minimum Gasteiger partial charge on any atom is -0.453 e. The fourth-order valence-electron chi connectivity index (χ4n) is 1.51. The molecule has 0 spiro atoms. The van der Waals surface area contributed by atoms with Crippen LogP contribution in [0.2, 0.25) is 0 Å². The molecule has 1 aliphatic rings. The summed E-state index contributed by atoms with van der Waals surface area (Å²) in [6.07, 6.45) is 1.54. The second kappa shape index (κ2) is 4.83. The van der Waals surface area contributed by atoms with Gasteiger partial charge in [0.2, 0.25) is 5.91 Å². The number of nitrogens with one attached hydrogen (secondary N) is 1. The molecule has 0 aromatic heterocycles. The zero-order valence-electron chi connectivity index (χ0n) is 8.58. The maximum absolute atomic E-state index is 11.7. The number of hydrogen-bond donors (Lipinski definition) is 1. The molecule has 0 unspecified atom stereocenters. The van der Waals surface area contributed by atoms with Gasteiger partial charge < -0.3 is 15.0 Å². The number of carbonyl (C=O) groups excluding carboxylic acids is 2. The molecule has 0 aromatic rings. The van der Waals surface area contributed by atoms with E-state index in [-0.39, 0.29) is 5.91 Å². The summed E-state index contributed by atoms with van der Waals surface area (Å²) in [7, 11) is 1.28. The highest BCUT2D eigenvalue weighted by Crippen LogP contribution is 2.08. The van der Waals surface area contributed by atoms with Crippen molar-refractivity contribution < 1.29 is 14.3 Å². The highest BCUT2D eigenvalue weighted by molar-refractivity contribution is 5.85. The van der Waals surface area contributed by atoms with Crippen LogP contribution in [0.1, 0.15) is 19.8 Å². The standard InChI is InChI=1S/C9H16N2O3/c1-7(10-9(13)14-2)8(12)11-5-3-4-6-11/h7H,3-6H2,1-2H3,(H,10,13)/t7-/m0/s1. The zero-order chi connectivity index (χ0) is 10.6. The summed E-state index contributed by atoms with van der Waals surface area (Å²) < 4.78 is 4.41. The molecule has 80 valence electrons. The van der Waals surface area contributed by atoms with E-state index in [1.54, 1.807) is 11.8 Å². The maximum atomic E-state index is 11.7. The maximum Gasteiger partial charge on any atom is 0.407 e. The molecule has 0 bridgehead atoms. The van der Waals surface area contributed by atoms with Crippen LogP contribution in [-0.4, -0.2) is 43.1 Å². The van der Waals surface area contributed by atoms with E-state index in [1.807, 2.05) is 0 Å². The second-order valence-electron chi connectivity index (χ2n) is 3.39. The monoisotopic (exact) mass is 200 g/mol. The second-order valence-corrected chi connectivity index (χ2v) is 3.39. The molecule has 0 aromatic carbocycles. The Morgan fingerprint density at radius 3 is 2.43 bits per heavy atom. The predicted molar refractivity (Wildman–Crippen MR) is 50.8 cm³/mol. The predicted octanol–water partition coefficient (Wildman–Crippen LogP) is 0.353. The van der Waals surface area contributed by atoms with Crippen molar-refractivity contribution in [3.8, 4) is 0 Å². The number of nitrogens with zero attached hydrogens (tertiary/aromatic N) is 1. The molecule has 1 rings (SSSR count). The molecule has 1 N–H and O–H groups in total. The first kappa shape index (κ1) is 10.8. The number of methoxy groups -OCH3 is 1.